The molecule has 2 aromatic carbocycles. The van der Waals surface area contributed by atoms with Crippen LogP contribution in [0.25, 0.3) is 11.1 Å². The van der Waals surface area contributed by atoms with Gasteiger partial charge in [0, 0.05) is 16.8 Å². The number of sulfonamides is 1. The number of hydrogen-bond acceptors (Lipinski definition) is 5. The number of methoxy groups -OCH3 is 1. The maximum Gasteiger partial charge on any atom is 0.337 e. The molecule has 0 aliphatic carbocycles. The molecule has 8 heteroatoms. The van der Waals surface area contributed by atoms with Crippen LogP contribution in [0.2, 0.25) is 5.02 Å². The number of carbonyl (C=O) groups excluding carboxylic acids is 1. The number of ether oxygens (including phenoxy) is 1. The van der Waals surface area contributed by atoms with Gasteiger partial charge in [0.2, 0.25) is 0 Å². The average Bonchev–Trinajstić information content (AvgIpc) is 2.70. The summed E-state index contributed by atoms with van der Waals surface area (Å²) in [5.74, 6) is -0.426. The van der Waals surface area contributed by atoms with Crippen LogP contribution in [0.1, 0.15) is 21.5 Å². The second-order valence-electron chi connectivity index (χ2n) is 6.50. The van der Waals surface area contributed by atoms with Crippen molar-refractivity contribution in [3.05, 3.63) is 76.6 Å². The van der Waals surface area contributed by atoms with Gasteiger partial charge in [0.25, 0.3) is 10.0 Å². The van der Waals surface area contributed by atoms with Crippen LogP contribution in [0.3, 0.4) is 0 Å². The molecule has 0 spiro atoms. The van der Waals surface area contributed by atoms with Gasteiger partial charge in [0.15, 0.2) is 0 Å². The lowest BCUT2D eigenvalue weighted by atomic mass is 10.1. The van der Waals surface area contributed by atoms with E-state index in [2.05, 4.69) is 14.4 Å². The molecule has 0 saturated heterocycles. The Morgan fingerprint density at radius 2 is 1.69 bits per heavy atom. The third kappa shape index (κ3) is 4.58. The quantitative estimate of drug-likeness (QED) is 0.597. The molecule has 0 fully saturated rings. The molecule has 0 atom stereocenters. The molecule has 3 rings (SSSR count). The number of pyridine rings is 1. The normalized spacial score (nSPS) is 11.2. The molecular weight excluding hydrogens is 412 g/mol. The number of nitrogens with one attached hydrogen (secondary N) is 1. The van der Waals surface area contributed by atoms with Crippen molar-refractivity contribution in [1.29, 1.82) is 0 Å². The number of carbonyl (C=O) groups is 1. The highest BCUT2D eigenvalue weighted by Crippen LogP contribution is 2.27. The van der Waals surface area contributed by atoms with Crippen LogP contribution in [-0.2, 0) is 14.8 Å². The number of benzene rings is 2. The van der Waals surface area contributed by atoms with E-state index in [0.29, 0.717) is 33.0 Å². The molecule has 0 unspecified atom stereocenters. The number of nitrogens with zero attached hydrogens (tertiary/aromatic N) is 1. The van der Waals surface area contributed by atoms with Crippen molar-refractivity contribution >= 4 is 33.3 Å². The summed E-state index contributed by atoms with van der Waals surface area (Å²) >= 11 is 6.07. The fourth-order valence-corrected chi connectivity index (χ4v) is 4.39. The van der Waals surface area contributed by atoms with Gasteiger partial charge in [-0.2, -0.15) is 0 Å². The van der Waals surface area contributed by atoms with Crippen LogP contribution in [0.4, 0.5) is 5.69 Å². The molecule has 29 heavy (non-hydrogen) atoms. The summed E-state index contributed by atoms with van der Waals surface area (Å²) in [6.07, 6.45) is 3.05. The van der Waals surface area contributed by atoms with Gasteiger partial charge in [0.05, 0.1) is 29.5 Å². The van der Waals surface area contributed by atoms with Crippen molar-refractivity contribution in [1.82, 2.24) is 4.98 Å². The minimum atomic E-state index is -3.81. The van der Waals surface area contributed by atoms with Gasteiger partial charge in [-0.15, -0.1) is 0 Å². The van der Waals surface area contributed by atoms with E-state index in [1.807, 2.05) is 0 Å². The molecule has 0 amide bonds. The number of halogens is 1. The third-order valence-corrected chi connectivity index (χ3v) is 6.31. The largest absolute Gasteiger partial charge is 0.465 e. The predicted octanol–water partition coefficient (Wildman–Crippen LogP) is 4.61. The summed E-state index contributed by atoms with van der Waals surface area (Å²) in [5, 5.41) is 0.514. The number of rotatable bonds is 5. The zero-order valence-electron chi connectivity index (χ0n) is 16.1. The topological polar surface area (TPSA) is 85.4 Å². The Bertz CT molecular complexity index is 1180. The van der Waals surface area contributed by atoms with Crippen molar-refractivity contribution in [3.63, 3.8) is 0 Å². The minimum Gasteiger partial charge on any atom is -0.465 e. The standard InChI is InChI=1S/C21H19ClN2O4S/c1-13-9-20(14(2)8-19(13)22)29(26,27)24-18-10-17(11-23-12-18)15-4-6-16(7-5-15)21(25)28-3/h4-12,24H,1-3H3. The van der Waals surface area contributed by atoms with Crippen molar-refractivity contribution < 1.29 is 17.9 Å². The second-order valence-corrected chi connectivity index (χ2v) is 8.56. The van der Waals surface area contributed by atoms with E-state index in [1.165, 1.54) is 13.3 Å². The first-order valence-corrected chi connectivity index (χ1v) is 10.5. The maximum atomic E-state index is 12.9. The van der Waals surface area contributed by atoms with Crippen LogP contribution >= 0.6 is 11.6 Å². The summed E-state index contributed by atoms with van der Waals surface area (Å²) in [4.78, 5) is 15.8. The first-order valence-electron chi connectivity index (χ1n) is 8.64. The number of hydrogen-bond donors (Lipinski definition) is 1. The van der Waals surface area contributed by atoms with Gasteiger partial charge in [-0.25, -0.2) is 13.2 Å². The van der Waals surface area contributed by atoms with Crippen molar-refractivity contribution in [3.8, 4) is 11.1 Å². The molecular formula is C21H19ClN2O4S. The number of esters is 1. The number of anilines is 1. The first-order chi connectivity index (χ1) is 13.7. The monoisotopic (exact) mass is 430 g/mol. The molecule has 6 nitrogen and oxygen atoms in total. The molecule has 0 aliphatic heterocycles. The Hall–Kier alpha value is -2.90. The average molecular weight is 431 g/mol. The van der Waals surface area contributed by atoms with Crippen molar-refractivity contribution in [2.24, 2.45) is 0 Å². The Balaban J connectivity index is 1.90. The highest BCUT2D eigenvalue weighted by Gasteiger charge is 2.19. The Morgan fingerprint density at radius 1 is 1.00 bits per heavy atom. The molecule has 0 radical (unpaired) electrons. The molecule has 1 aromatic heterocycles. The smallest absolute Gasteiger partial charge is 0.337 e. The summed E-state index contributed by atoms with van der Waals surface area (Å²) in [7, 11) is -2.49. The second kappa shape index (κ2) is 8.23. The Kier molecular flexibility index (Phi) is 5.91. The van der Waals surface area contributed by atoms with Crippen molar-refractivity contribution in [2.45, 2.75) is 18.7 Å². The summed E-state index contributed by atoms with van der Waals surface area (Å²) < 4.78 is 33.0. The SMILES string of the molecule is COC(=O)c1ccc(-c2cncc(NS(=O)(=O)c3cc(C)c(Cl)cc3C)c2)cc1. The molecule has 0 bridgehead atoms. The molecule has 0 saturated carbocycles. The van der Waals surface area contributed by atoms with Gasteiger partial charge < -0.3 is 4.74 Å². The van der Waals surface area contributed by atoms with Gasteiger partial charge in [-0.3, -0.25) is 9.71 Å². The highest BCUT2D eigenvalue weighted by molar-refractivity contribution is 7.92. The zero-order valence-corrected chi connectivity index (χ0v) is 17.6. The van der Waals surface area contributed by atoms with Gasteiger partial charge in [0.1, 0.15) is 0 Å². The molecule has 3 aromatic rings. The van der Waals surface area contributed by atoms with E-state index in [0.717, 1.165) is 5.56 Å². The summed E-state index contributed by atoms with van der Waals surface area (Å²) in [5.41, 5.74) is 3.46. The van der Waals surface area contributed by atoms with E-state index in [1.54, 1.807) is 62.5 Å². The molecule has 0 aliphatic rings. The van der Waals surface area contributed by atoms with Gasteiger partial charge in [-0.05, 0) is 60.9 Å². The maximum absolute atomic E-state index is 12.9. The van der Waals surface area contributed by atoms with Gasteiger partial charge in [-0.1, -0.05) is 23.7 Å². The fourth-order valence-electron chi connectivity index (χ4n) is 2.82. The third-order valence-electron chi connectivity index (χ3n) is 4.38. The van der Waals surface area contributed by atoms with Crippen LogP contribution in [-0.4, -0.2) is 26.5 Å². The summed E-state index contributed by atoms with van der Waals surface area (Å²) in [6.45, 7) is 3.44. The van der Waals surface area contributed by atoms with Crippen LogP contribution in [0.5, 0.6) is 0 Å². The van der Waals surface area contributed by atoms with E-state index >= 15 is 0 Å². The van der Waals surface area contributed by atoms with Crippen LogP contribution < -0.4 is 4.72 Å². The van der Waals surface area contributed by atoms with E-state index < -0.39 is 16.0 Å². The number of aryl methyl sites for hydroxylation is 2. The predicted molar refractivity (Wildman–Crippen MR) is 113 cm³/mol. The highest BCUT2D eigenvalue weighted by atomic mass is 35.5. The fraction of sp³-hybridized carbons (Fsp3) is 0.143. The van der Waals surface area contributed by atoms with Crippen LogP contribution in [0.15, 0.2) is 59.8 Å². The lowest BCUT2D eigenvalue weighted by molar-refractivity contribution is 0.0600. The molecule has 150 valence electrons. The Labute approximate surface area is 174 Å². The van der Waals surface area contributed by atoms with Crippen molar-refractivity contribution in [2.75, 3.05) is 11.8 Å². The Morgan fingerprint density at radius 3 is 2.34 bits per heavy atom. The lowest BCUT2D eigenvalue weighted by Crippen LogP contribution is -2.14. The molecule has 1 N–H and O–H groups in total. The minimum absolute atomic E-state index is 0.159. The van der Waals surface area contributed by atoms with E-state index in [4.69, 9.17) is 11.6 Å². The van der Waals surface area contributed by atoms with Gasteiger partial charge >= 0.3 is 5.97 Å². The van der Waals surface area contributed by atoms with E-state index in [-0.39, 0.29) is 4.90 Å². The lowest BCUT2D eigenvalue weighted by Gasteiger charge is -2.13. The van der Waals surface area contributed by atoms with Crippen LogP contribution in [0, 0.1) is 13.8 Å². The molecule has 1 heterocycles. The van der Waals surface area contributed by atoms with E-state index in [9.17, 15) is 13.2 Å². The zero-order chi connectivity index (χ0) is 21.2. The number of aromatic nitrogens is 1. The first kappa shape index (κ1) is 20.8. The summed E-state index contributed by atoms with van der Waals surface area (Å²) in [6, 6.07) is 11.6.